The summed E-state index contributed by atoms with van der Waals surface area (Å²) in [6, 6.07) is 14.2. The lowest BCUT2D eigenvalue weighted by Gasteiger charge is -2.18. The standard InChI is InChI=1S/C29H33N7/c1-36-15-12-21-20(10-11-22(27(21)36)26-17-33-29(35-26)24-5-3-14-31-24)18-6-8-19(9-7-18)25-16-32-28(34-25)23-4-2-13-30-23/h6-11,16-17,23-24,30-31H,2-5,12-15H2,1H3,(H,32,34)(H,33,35)/t23-,24-/m0/s1. The van der Waals surface area contributed by atoms with Gasteiger partial charge in [0.1, 0.15) is 11.6 Å². The molecule has 0 spiro atoms. The number of H-pyrrole nitrogens is 2. The average Bonchev–Trinajstić information content (AvgIpc) is 3.74. The van der Waals surface area contributed by atoms with Crippen molar-refractivity contribution in [2.24, 2.45) is 0 Å². The molecule has 184 valence electrons. The lowest BCUT2D eigenvalue weighted by atomic mass is 9.93. The lowest BCUT2D eigenvalue weighted by Crippen LogP contribution is -2.14. The molecule has 2 aromatic heterocycles. The first kappa shape index (κ1) is 21.8. The van der Waals surface area contributed by atoms with Crippen LogP contribution in [0.3, 0.4) is 0 Å². The largest absolute Gasteiger partial charge is 0.373 e. The number of likely N-dealkylation sites (N-methyl/N-ethyl adjacent to an activating group) is 1. The minimum absolute atomic E-state index is 0.350. The molecule has 7 rings (SSSR count). The number of nitrogens with one attached hydrogen (secondary N) is 4. The lowest BCUT2D eigenvalue weighted by molar-refractivity contribution is 0.613. The summed E-state index contributed by atoms with van der Waals surface area (Å²) in [5.41, 5.74) is 9.94. The van der Waals surface area contributed by atoms with Crippen LogP contribution in [-0.2, 0) is 6.42 Å². The molecule has 2 atom stereocenters. The molecule has 0 aliphatic carbocycles. The first-order valence-electron chi connectivity index (χ1n) is 13.3. The number of imidazole rings is 2. The van der Waals surface area contributed by atoms with Crippen LogP contribution >= 0.6 is 0 Å². The van der Waals surface area contributed by atoms with Gasteiger partial charge in [-0.1, -0.05) is 36.4 Å². The van der Waals surface area contributed by atoms with Gasteiger partial charge < -0.3 is 25.5 Å². The van der Waals surface area contributed by atoms with Gasteiger partial charge in [-0.15, -0.1) is 0 Å². The van der Waals surface area contributed by atoms with Gasteiger partial charge >= 0.3 is 0 Å². The molecule has 0 saturated carbocycles. The Hall–Kier alpha value is -3.42. The molecule has 36 heavy (non-hydrogen) atoms. The van der Waals surface area contributed by atoms with Gasteiger partial charge in [-0.25, -0.2) is 9.97 Å². The van der Waals surface area contributed by atoms with Crippen LogP contribution in [0, 0.1) is 0 Å². The van der Waals surface area contributed by atoms with Gasteiger partial charge in [0.05, 0.1) is 35.9 Å². The molecular weight excluding hydrogens is 446 g/mol. The highest BCUT2D eigenvalue weighted by atomic mass is 15.1. The second kappa shape index (κ2) is 8.91. The first-order chi connectivity index (χ1) is 17.7. The predicted octanol–water partition coefficient (Wildman–Crippen LogP) is 4.98. The van der Waals surface area contributed by atoms with Gasteiger partial charge in [0.2, 0.25) is 0 Å². The van der Waals surface area contributed by atoms with E-state index in [-0.39, 0.29) is 0 Å². The maximum atomic E-state index is 4.72. The fraction of sp³-hybridized carbons (Fsp3) is 0.379. The van der Waals surface area contributed by atoms with Crippen molar-refractivity contribution in [3.05, 3.63) is 66.0 Å². The first-order valence-corrected chi connectivity index (χ1v) is 13.3. The van der Waals surface area contributed by atoms with Gasteiger partial charge in [0, 0.05) is 24.8 Å². The maximum Gasteiger partial charge on any atom is 0.123 e. The number of hydrogen-bond acceptors (Lipinski definition) is 5. The molecule has 3 aliphatic rings. The third-order valence-electron chi connectivity index (χ3n) is 8.13. The highest BCUT2D eigenvalue weighted by Gasteiger charge is 2.26. The van der Waals surface area contributed by atoms with E-state index in [0.717, 1.165) is 61.9 Å². The van der Waals surface area contributed by atoms with E-state index in [1.54, 1.807) is 0 Å². The molecule has 7 nitrogen and oxygen atoms in total. The summed E-state index contributed by atoms with van der Waals surface area (Å²) < 4.78 is 0. The molecule has 2 aromatic carbocycles. The van der Waals surface area contributed by atoms with E-state index in [1.807, 2.05) is 12.4 Å². The molecule has 2 saturated heterocycles. The number of hydrogen-bond donors (Lipinski definition) is 4. The number of aromatic nitrogens is 4. The van der Waals surface area contributed by atoms with E-state index in [1.165, 1.54) is 46.3 Å². The number of anilines is 1. The van der Waals surface area contributed by atoms with Crippen molar-refractivity contribution in [1.29, 1.82) is 0 Å². The second-order valence-electron chi connectivity index (χ2n) is 10.4. The molecule has 7 heteroatoms. The monoisotopic (exact) mass is 479 g/mol. The Kier molecular flexibility index (Phi) is 5.40. The van der Waals surface area contributed by atoms with Crippen LogP contribution in [0.4, 0.5) is 5.69 Å². The molecule has 4 aromatic rings. The average molecular weight is 480 g/mol. The summed E-state index contributed by atoms with van der Waals surface area (Å²) in [6.45, 7) is 3.19. The number of rotatable bonds is 5. The Bertz CT molecular complexity index is 1370. The topological polar surface area (TPSA) is 84.7 Å². The zero-order valence-corrected chi connectivity index (χ0v) is 20.8. The summed E-state index contributed by atoms with van der Waals surface area (Å²) in [5.74, 6) is 2.11. The van der Waals surface area contributed by atoms with Crippen LogP contribution in [0.25, 0.3) is 33.6 Å². The molecule has 3 aliphatic heterocycles. The van der Waals surface area contributed by atoms with E-state index in [0.29, 0.717) is 12.1 Å². The second-order valence-corrected chi connectivity index (χ2v) is 10.4. The van der Waals surface area contributed by atoms with Gasteiger partial charge in [0.15, 0.2) is 0 Å². The Morgan fingerprint density at radius 1 is 0.750 bits per heavy atom. The molecule has 0 bridgehead atoms. The molecule has 4 N–H and O–H groups in total. The molecule has 0 radical (unpaired) electrons. The summed E-state index contributed by atoms with van der Waals surface area (Å²) in [6.07, 6.45) is 9.76. The van der Waals surface area contributed by atoms with Crippen molar-refractivity contribution in [3.63, 3.8) is 0 Å². The number of fused-ring (bicyclic) bond motifs is 1. The quantitative estimate of drug-likeness (QED) is 0.325. The maximum absolute atomic E-state index is 4.72. The van der Waals surface area contributed by atoms with Crippen molar-refractivity contribution >= 4 is 5.69 Å². The van der Waals surface area contributed by atoms with Crippen molar-refractivity contribution in [3.8, 4) is 33.6 Å². The Labute approximate surface area is 211 Å². The third-order valence-corrected chi connectivity index (χ3v) is 8.13. The van der Waals surface area contributed by atoms with E-state index < -0.39 is 0 Å². The van der Waals surface area contributed by atoms with Crippen LogP contribution in [0.1, 0.15) is 55.0 Å². The van der Waals surface area contributed by atoms with Crippen LogP contribution in [0.2, 0.25) is 0 Å². The summed E-state index contributed by atoms with van der Waals surface area (Å²) in [7, 11) is 2.20. The molecule has 0 unspecified atom stereocenters. The summed E-state index contributed by atoms with van der Waals surface area (Å²) >= 11 is 0. The van der Waals surface area contributed by atoms with E-state index >= 15 is 0 Å². The fourth-order valence-electron chi connectivity index (χ4n) is 6.18. The Balaban J connectivity index is 1.19. The van der Waals surface area contributed by atoms with E-state index in [4.69, 9.17) is 4.98 Å². The zero-order valence-electron chi connectivity index (χ0n) is 20.8. The SMILES string of the molecule is CN1CCc2c(-c3ccc(-c4cnc([C@@H]5CCCN5)[nH]4)cc3)ccc(-c3cnc([C@@H]4CCCN4)[nH]3)c21. The van der Waals surface area contributed by atoms with Gasteiger partial charge in [-0.2, -0.15) is 0 Å². The number of benzene rings is 2. The minimum atomic E-state index is 0.350. The number of aromatic amines is 2. The van der Waals surface area contributed by atoms with Crippen LogP contribution in [-0.4, -0.2) is 46.6 Å². The van der Waals surface area contributed by atoms with Crippen molar-refractivity contribution in [2.75, 3.05) is 31.6 Å². The highest BCUT2D eigenvalue weighted by molar-refractivity contribution is 5.88. The summed E-state index contributed by atoms with van der Waals surface area (Å²) in [4.78, 5) is 18.9. The fourth-order valence-corrected chi connectivity index (χ4v) is 6.18. The molecule has 0 amide bonds. The Morgan fingerprint density at radius 2 is 1.36 bits per heavy atom. The summed E-state index contributed by atoms with van der Waals surface area (Å²) in [5, 5.41) is 7.07. The predicted molar refractivity (Wildman–Crippen MR) is 144 cm³/mol. The molecule has 5 heterocycles. The van der Waals surface area contributed by atoms with Crippen molar-refractivity contribution in [1.82, 2.24) is 30.6 Å². The Morgan fingerprint density at radius 3 is 2.03 bits per heavy atom. The van der Waals surface area contributed by atoms with Crippen molar-refractivity contribution < 1.29 is 0 Å². The van der Waals surface area contributed by atoms with Gasteiger partial charge in [-0.05, 0) is 67.4 Å². The van der Waals surface area contributed by atoms with E-state index in [9.17, 15) is 0 Å². The highest BCUT2D eigenvalue weighted by Crippen LogP contribution is 2.43. The molecule has 2 fully saturated rings. The van der Waals surface area contributed by atoms with Gasteiger partial charge in [-0.3, -0.25) is 0 Å². The smallest absolute Gasteiger partial charge is 0.123 e. The molecular formula is C29H33N7. The van der Waals surface area contributed by atoms with E-state index in [2.05, 4.69) is 73.9 Å². The normalized spacial score (nSPS) is 21.4. The number of nitrogens with zero attached hydrogens (tertiary/aromatic N) is 3. The zero-order chi connectivity index (χ0) is 24.1. The minimum Gasteiger partial charge on any atom is -0.373 e. The van der Waals surface area contributed by atoms with Crippen LogP contribution < -0.4 is 15.5 Å². The van der Waals surface area contributed by atoms with Crippen LogP contribution in [0.15, 0.2) is 48.8 Å². The van der Waals surface area contributed by atoms with Crippen molar-refractivity contribution in [2.45, 2.75) is 44.2 Å². The van der Waals surface area contributed by atoms with Gasteiger partial charge in [0.25, 0.3) is 0 Å². The van der Waals surface area contributed by atoms with Crippen LogP contribution in [0.5, 0.6) is 0 Å². The third kappa shape index (κ3) is 3.74.